The topological polar surface area (TPSA) is 79.7 Å². The molecule has 1 aromatic heterocycles. The number of Topliss-reactive ketones (excluding diaryl/α,β-unsaturated/α-hetero) is 1. The minimum atomic E-state index is -0.868. The fourth-order valence-electron chi connectivity index (χ4n) is 4.19. The van der Waals surface area contributed by atoms with Gasteiger partial charge in [-0.05, 0) is 54.4 Å². The maximum Gasteiger partial charge on any atom is 0.301 e. The van der Waals surface area contributed by atoms with Crippen molar-refractivity contribution in [3.05, 3.63) is 117 Å². The van der Waals surface area contributed by atoms with Gasteiger partial charge in [0.25, 0.3) is 5.78 Å². The fraction of sp³-hybridized carbons (Fsp3) is 0.107. The standard InChI is InChI=1S/C28H21ClN2O4S/c1-17-4-2-5-18(14-17)16-35-22-10-8-19(9-11-22)25(32)23-24(20-6-3-7-21(29)15-20)31(27(34)26(23)33)28-30-12-13-36-28/h2-15,24,32H,16H2,1H3/t24-/m1/s1. The van der Waals surface area contributed by atoms with Gasteiger partial charge in [0, 0.05) is 22.2 Å². The van der Waals surface area contributed by atoms with E-state index in [9.17, 15) is 14.7 Å². The average Bonchev–Trinajstić information content (AvgIpc) is 3.49. The zero-order chi connectivity index (χ0) is 25.2. The Morgan fingerprint density at radius 3 is 2.56 bits per heavy atom. The molecule has 0 unspecified atom stereocenters. The number of aliphatic hydroxyl groups is 1. The number of carbonyl (C=O) groups excluding carboxylic acids is 2. The van der Waals surface area contributed by atoms with E-state index in [1.54, 1.807) is 60.1 Å². The van der Waals surface area contributed by atoms with Crippen molar-refractivity contribution in [3.8, 4) is 5.75 Å². The van der Waals surface area contributed by atoms with Crippen LogP contribution in [0.25, 0.3) is 5.76 Å². The number of ketones is 1. The Bertz CT molecular complexity index is 1470. The van der Waals surface area contributed by atoms with Gasteiger partial charge in [-0.25, -0.2) is 4.98 Å². The maximum absolute atomic E-state index is 13.2. The molecule has 0 spiro atoms. The van der Waals surface area contributed by atoms with Crippen molar-refractivity contribution in [3.63, 3.8) is 0 Å². The summed E-state index contributed by atoms with van der Waals surface area (Å²) in [5.74, 6) is -1.20. The molecule has 1 fully saturated rings. The molecule has 0 aliphatic carbocycles. The van der Waals surface area contributed by atoms with Crippen LogP contribution in [-0.4, -0.2) is 21.8 Å². The number of nitrogens with zero attached hydrogens (tertiary/aromatic N) is 2. The van der Waals surface area contributed by atoms with Gasteiger partial charge in [0.05, 0.1) is 11.6 Å². The Morgan fingerprint density at radius 1 is 1.08 bits per heavy atom. The smallest absolute Gasteiger partial charge is 0.301 e. The number of thiazole rings is 1. The Morgan fingerprint density at radius 2 is 1.86 bits per heavy atom. The Labute approximate surface area is 217 Å². The first-order chi connectivity index (χ1) is 17.4. The van der Waals surface area contributed by atoms with Crippen molar-refractivity contribution in [1.29, 1.82) is 0 Å². The molecule has 8 heteroatoms. The number of ether oxygens (including phenoxy) is 1. The third-order valence-corrected chi connectivity index (χ3v) is 6.86. The third-order valence-electron chi connectivity index (χ3n) is 5.85. The summed E-state index contributed by atoms with van der Waals surface area (Å²) >= 11 is 7.45. The fourth-order valence-corrected chi connectivity index (χ4v) is 5.06. The Kier molecular flexibility index (Phi) is 6.59. The van der Waals surface area contributed by atoms with Gasteiger partial charge in [-0.1, -0.05) is 53.6 Å². The summed E-state index contributed by atoms with van der Waals surface area (Å²) in [4.78, 5) is 31.8. The molecule has 1 N–H and O–H groups in total. The molecule has 1 atom stereocenters. The first-order valence-electron chi connectivity index (χ1n) is 11.2. The van der Waals surface area contributed by atoms with Gasteiger partial charge in [0.2, 0.25) is 0 Å². The highest BCUT2D eigenvalue weighted by atomic mass is 35.5. The lowest BCUT2D eigenvalue weighted by atomic mass is 9.95. The maximum atomic E-state index is 13.2. The second-order valence-corrected chi connectivity index (χ2v) is 9.65. The number of halogens is 1. The van der Waals surface area contributed by atoms with E-state index >= 15 is 0 Å². The van der Waals surface area contributed by atoms with Gasteiger partial charge in [0.1, 0.15) is 18.1 Å². The number of hydrogen-bond acceptors (Lipinski definition) is 6. The molecule has 1 aliphatic rings. The lowest BCUT2D eigenvalue weighted by Crippen LogP contribution is -2.29. The third kappa shape index (κ3) is 4.63. The molecule has 1 saturated heterocycles. The number of benzene rings is 3. The first-order valence-corrected chi connectivity index (χ1v) is 12.4. The van der Waals surface area contributed by atoms with Crippen molar-refractivity contribution in [1.82, 2.24) is 4.98 Å². The molecular weight excluding hydrogens is 496 g/mol. The van der Waals surface area contributed by atoms with Crippen LogP contribution in [0.5, 0.6) is 5.75 Å². The molecule has 0 bridgehead atoms. The van der Waals surface area contributed by atoms with Gasteiger partial charge in [0.15, 0.2) is 5.13 Å². The van der Waals surface area contributed by atoms with Crippen LogP contribution in [0, 0.1) is 6.92 Å². The molecular formula is C28H21ClN2O4S. The van der Waals surface area contributed by atoms with Crippen molar-refractivity contribution in [2.45, 2.75) is 19.6 Å². The average molecular weight is 517 g/mol. The van der Waals surface area contributed by atoms with E-state index in [-0.39, 0.29) is 11.3 Å². The number of rotatable bonds is 6. The predicted molar refractivity (Wildman–Crippen MR) is 140 cm³/mol. The van der Waals surface area contributed by atoms with Gasteiger partial charge in [-0.15, -0.1) is 11.3 Å². The number of hydrogen-bond donors (Lipinski definition) is 1. The van der Waals surface area contributed by atoms with E-state index < -0.39 is 17.7 Å². The summed E-state index contributed by atoms with van der Waals surface area (Å²) < 4.78 is 5.87. The zero-order valence-electron chi connectivity index (χ0n) is 19.2. The van der Waals surface area contributed by atoms with Crippen LogP contribution in [0.1, 0.15) is 28.3 Å². The van der Waals surface area contributed by atoms with Gasteiger partial charge < -0.3 is 9.84 Å². The lowest BCUT2D eigenvalue weighted by Gasteiger charge is -2.23. The van der Waals surface area contributed by atoms with Crippen LogP contribution in [0.4, 0.5) is 5.13 Å². The van der Waals surface area contributed by atoms with Crippen LogP contribution >= 0.6 is 22.9 Å². The zero-order valence-corrected chi connectivity index (χ0v) is 20.8. The van der Waals surface area contributed by atoms with Gasteiger partial charge in [-0.3, -0.25) is 14.5 Å². The molecule has 0 radical (unpaired) electrons. The van der Waals surface area contributed by atoms with Crippen LogP contribution in [-0.2, 0) is 16.2 Å². The Balaban J connectivity index is 1.49. The molecule has 0 saturated carbocycles. The monoisotopic (exact) mass is 516 g/mol. The number of anilines is 1. The van der Waals surface area contributed by atoms with E-state index in [1.165, 1.54) is 16.2 Å². The summed E-state index contributed by atoms with van der Waals surface area (Å²) in [6.45, 7) is 2.43. The quantitative estimate of drug-likeness (QED) is 0.184. The van der Waals surface area contributed by atoms with E-state index in [4.69, 9.17) is 16.3 Å². The van der Waals surface area contributed by atoms with Crippen molar-refractivity contribution in [2.75, 3.05) is 4.90 Å². The number of aryl methyl sites for hydroxylation is 1. The highest BCUT2D eigenvalue weighted by Gasteiger charge is 2.48. The highest BCUT2D eigenvalue weighted by molar-refractivity contribution is 7.14. The predicted octanol–water partition coefficient (Wildman–Crippen LogP) is 6.31. The van der Waals surface area contributed by atoms with Crippen LogP contribution in [0.15, 0.2) is 89.9 Å². The molecule has 2 heterocycles. The summed E-state index contributed by atoms with van der Waals surface area (Å²) in [6, 6.07) is 20.8. The Hall–Kier alpha value is -3.94. The second kappa shape index (κ2) is 9.97. The molecule has 6 nitrogen and oxygen atoms in total. The minimum Gasteiger partial charge on any atom is -0.507 e. The largest absolute Gasteiger partial charge is 0.507 e. The van der Waals surface area contributed by atoms with E-state index in [2.05, 4.69) is 11.1 Å². The molecule has 1 amide bonds. The first kappa shape index (κ1) is 23.8. The van der Waals surface area contributed by atoms with Crippen LogP contribution < -0.4 is 9.64 Å². The SMILES string of the molecule is Cc1cccc(COc2ccc(C(O)=C3C(=O)C(=O)N(c4nccs4)[C@@H]3c3cccc(Cl)c3)cc2)c1. The number of aromatic nitrogens is 1. The van der Waals surface area contributed by atoms with Crippen LogP contribution in [0.3, 0.4) is 0 Å². The van der Waals surface area contributed by atoms with Crippen LogP contribution in [0.2, 0.25) is 5.02 Å². The van der Waals surface area contributed by atoms with Crippen molar-refractivity contribution < 1.29 is 19.4 Å². The molecule has 1 aliphatic heterocycles. The van der Waals surface area contributed by atoms with Gasteiger partial charge in [-0.2, -0.15) is 0 Å². The highest BCUT2D eigenvalue weighted by Crippen LogP contribution is 2.43. The lowest BCUT2D eigenvalue weighted by molar-refractivity contribution is -0.132. The number of carbonyl (C=O) groups is 2. The minimum absolute atomic E-state index is 0.0223. The van der Waals surface area contributed by atoms with E-state index in [0.717, 1.165) is 11.1 Å². The van der Waals surface area contributed by atoms with E-state index in [1.807, 2.05) is 25.1 Å². The molecule has 3 aromatic carbocycles. The number of aliphatic hydroxyl groups excluding tert-OH is 1. The van der Waals surface area contributed by atoms with E-state index in [0.29, 0.717) is 33.6 Å². The summed E-state index contributed by atoms with van der Waals surface area (Å²) in [5.41, 5.74) is 3.16. The van der Waals surface area contributed by atoms with Crippen molar-refractivity contribution >= 4 is 45.5 Å². The second-order valence-electron chi connectivity index (χ2n) is 8.34. The summed E-state index contributed by atoms with van der Waals surface area (Å²) in [5, 5.41) is 13.8. The van der Waals surface area contributed by atoms with Crippen molar-refractivity contribution in [2.24, 2.45) is 0 Å². The molecule has 4 aromatic rings. The molecule has 180 valence electrons. The summed E-state index contributed by atoms with van der Waals surface area (Å²) in [7, 11) is 0. The molecule has 36 heavy (non-hydrogen) atoms. The number of amides is 1. The summed E-state index contributed by atoms with van der Waals surface area (Å²) in [6.07, 6.45) is 1.56. The normalized spacial score (nSPS) is 16.9. The van der Waals surface area contributed by atoms with Gasteiger partial charge >= 0.3 is 5.91 Å². The molecule has 5 rings (SSSR count).